The molecule has 1 heterocycles. The van der Waals surface area contributed by atoms with Gasteiger partial charge in [-0.25, -0.2) is 0 Å². The summed E-state index contributed by atoms with van der Waals surface area (Å²) in [6.07, 6.45) is 0. The van der Waals surface area contributed by atoms with E-state index in [0.717, 1.165) is 22.8 Å². The van der Waals surface area contributed by atoms with Crippen LogP contribution in [0, 0.1) is 0 Å². The molecule has 0 aliphatic heterocycles. The van der Waals surface area contributed by atoms with Gasteiger partial charge in [-0.05, 0) is 12.1 Å². The van der Waals surface area contributed by atoms with Crippen LogP contribution in [-0.2, 0) is 0 Å². The lowest BCUT2D eigenvalue weighted by Gasteiger charge is -1.95. The van der Waals surface area contributed by atoms with E-state index in [1.54, 1.807) is 26.2 Å². The molecule has 0 N–H and O–H groups in total. The topological polar surface area (TPSA) is 75.2 Å². The Hall–Kier alpha value is -1.76. The molecule has 0 amide bonds. The summed E-state index contributed by atoms with van der Waals surface area (Å²) in [5, 5.41) is 15.4. The first-order valence-corrected chi connectivity index (χ1v) is 4.94. The van der Waals surface area contributed by atoms with Crippen molar-refractivity contribution in [3.05, 3.63) is 12.1 Å². The molecular weight excluding hydrogens is 212 g/mol. The predicted molar refractivity (Wildman–Crippen MR) is 58.3 cm³/mol. The summed E-state index contributed by atoms with van der Waals surface area (Å²) in [6.45, 7) is 0. The van der Waals surface area contributed by atoms with E-state index >= 15 is 0 Å². The van der Waals surface area contributed by atoms with E-state index in [1.807, 2.05) is 0 Å². The van der Waals surface area contributed by atoms with Gasteiger partial charge < -0.3 is 0 Å². The van der Waals surface area contributed by atoms with Crippen molar-refractivity contribution < 1.29 is 0 Å². The maximum atomic E-state index is 4.16. The third-order valence-corrected chi connectivity index (χ3v) is 2.32. The molecule has 0 saturated carbocycles. The fourth-order valence-electron chi connectivity index (χ4n) is 1.22. The summed E-state index contributed by atoms with van der Waals surface area (Å²) >= 11 is 1.13. The maximum absolute atomic E-state index is 4.16. The van der Waals surface area contributed by atoms with Gasteiger partial charge in [-0.2, -0.15) is 29.2 Å². The highest BCUT2D eigenvalue weighted by Gasteiger charge is 2.09. The molecule has 0 bridgehead atoms. The second-order valence-corrected chi connectivity index (χ2v) is 3.19. The van der Waals surface area contributed by atoms with Crippen LogP contribution >= 0.6 is 11.7 Å². The predicted octanol–water partition coefficient (Wildman–Crippen LogP) is 3.12. The molecule has 0 atom stereocenters. The van der Waals surface area contributed by atoms with Gasteiger partial charge >= 0.3 is 0 Å². The number of azo groups is 2. The summed E-state index contributed by atoms with van der Waals surface area (Å²) in [4.78, 5) is 0. The van der Waals surface area contributed by atoms with Crippen LogP contribution in [0.15, 0.2) is 32.6 Å². The lowest BCUT2D eigenvalue weighted by molar-refractivity contribution is 1.16. The molecule has 15 heavy (non-hydrogen) atoms. The molecule has 1 aromatic carbocycles. The van der Waals surface area contributed by atoms with E-state index < -0.39 is 0 Å². The van der Waals surface area contributed by atoms with E-state index in [4.69, 9.17) is 0 Å². The summed E-state index contributed by atoms with van der Waals surface area (Å²) in [5.41, 5.74) is 2.85. The van der Waals surface area contributed by atoms with Crippen LogP contribution in [0.5, 0.6) is 0 Å². The number of rotatable bonds is 2. The number of aromatic nitrogens is 2. The van der Waals surface area contributed by atoms with Gasteiger partial charge in [0.05, 0.1) is 11.7 Å². The average molecular weight is 220 g/mol. The smallest absolute Gasteiger partial charge is 0.134 e. The van der Waals surface area contributed by atoms with Crippen molar-refractivity contribution in [2.75, 3.05) is 14.1 Å². The highest BCUT2D eigenvalue weighted by Crippen LogP contribution is 2.32. The molecule has 6 nitrogen and oxygen atoms in total. The Morgan fingerprint density at radius 2 is 1.40 bits per heavy atom. The van der Waals surface area contributed by atoms with Crippen molar-refractivity contribution in [1.29, 1.82) is 0 Å². The third kappa shape index (κ3) is 1.73. The molecule has 2 aromatic rings. The molecule has 0 aliphatic rings. The normalized spacial score (nSPS) is 12.1. The van der Waals surface area contributed by atoms with E-state index in [1.165, 1.54) is 0 Å². The van der Waals surface area contributed by atoms with Gasteiger partial charge in [0.2, 0.25) is 0 Å². The van der Waals surface area contributed by atoms with Crippen molar-refractivity contribution in [2.45, 2.75) is 0 Å². The van der Waals surface area contributed by atoms with Crippen LogP contribution in [0.25, 0.3) is 11.0 Å². The quantitative estimate of drug-likeness (QED) is 0.729. The molecule has 0 saturated heterocycles. The van der Waals surface area contributed by atoms with E-state index in [9.17, 15) is 0 Å². The van der Waals surface area contributed by atoms with Gasteiger partial charge in [0.15, 0.2) is 0 Å². The summed E-state index contributed by atoms with van der Waals surface area (Å²) in [6, 6.07) is 3.61. The van der Waals surface area contributed by atoms with Crippen LogP contribution in [0.1, 0.15) is 0 Å². The number of hydrogen-bond donors (Lipinski definition) is 0. The molecule has 0 spiro atoms. The molecule has 0 aliphatic carbocycles. The zero-order valence-corrected chi connectivity index (χ0v) is 9.06. The highest BCUT2D eigenvalue weighted by molar-refractivity contribution is 7.00. The second kappa shape index (κ2) is 4.18. The fourth-order valence-corrected chi connectivity index (χ4v) is 1.78. The zero-order chi connectivity index (χ0) is 10.7. The number of hydrogen-bond acceptors (Lipinski definition) is 7. The number of benzene rings is 1. The van der Waals surface area contributed by atoms with Gasteiger partial charge in [0.25, 0.3) is 0 Å². The van der Waals surface area contributed by atoms with Crippen molar-refractivity contribution in [1.82, 2.24) is 8.75 Å². The van der Waals surface area contributed by atoms with E-state index in [0.29, 0.717) is 11.4 Å². The van der Waals surface area contributed by atoms with Crippen molar-refractivity contribution in [3.63, 3.8) is 0 Å². The van der Waals surface area contributed by atoms with Crippen LogP contribution in [-0.4, -0.2) is 22.8 Å². The van der Waals surface area contributed by atoms with Gasteiger partial charge in [-0.15, -0.1) is 0 Å². The molecule has 1 aromatic heterocycles. The monoisotopic (exact) mass is 220 g/mol. The zero-order valence-electron chi connectivity index (χ0n) is 8.25. The minimum Gasteiger partial charge on any atom is -0.192 e. The minimum atomic E-state index is 0.705. The van der Waals surface area contributed by atoms with Gasteiger partial charge in [-0.3, -0.25) is 0 Å². The van der Waals surface area contributed by atoms with E-state index in [2.05, 4.69) is 29.2 Å². The first-order valence-electron chi connectivity index (χ1n) is 4.21. The minimum absolute atomic E-state index is 0.705. The molecule has 0 unspecified atom stereocenters. The standard InChI is InChI=1S/C8H8N6S/c1-9-11-5-3-4-6(12-10-2)8-7(5)13-15-14-8/h3-4H,1-2H3. The first-order chi connectivity index (χ1) is 7.36. The molecule has 7 heteroatoms. The molecular formula is C8H8N6S. The molecule has 0 fully saturated rings. The Labute approximate surface area is 90.1 Å². The van der Waals surface area contributed by atoms with Gasteiger partial charge in [-0.1, -0.05) is 0 Å². The van der Waals surface area contributed by atoms with Crippen molar-refractivity contribution >= 4 is 34.1 Å². The van der Waals surface area contributed by atoms with Crippen LogP contribution < -0.4 is 0 Å². The third-order valence-electron chi connectivity index (χ3n) is 1.79. The molecule has 2 rings (SSSR count). The fraction of sp³-hybridized carbons (Fsp3) is 0.250. The molecule has 76 valence electrons. The number of nitrogens with zero attached hydrogens (tertiary/aromatic N) is 6. The van der Waals surface area contributed by atoms with Gasteiger partial charge in [0.1, 0.15) is 22.4 Å². The molecule has 0 radical (unpaired) electrons. The lowest BCUT2D eigenvalue weighted by Crippen LogP contribution is -1.73. The summed E-state index contributed by atoms with van der Waals surface area (Å²) < 4.78 is 8.31. The number of fused-ring (bicyclic) bond motifs is 1. The SMILES string of the molecule is CN=Nc1ccc(N=NC)c2nsnc12. The van der Waals surface area contributed by atoms with Crippen LogP contribution in [0.3, 0.4) is 0 Å². The second-order valence-electron chi connectivity index (χ2n) is 2.67. The summed E-state index contributed by atoms with van der Waals surface area (Å²) in [7, 11) is 3.23. The van der Waals surface area contributed by atoms with Crippen molar-refractivity contribution in [2.24, 2.45) is 20.5 Å². The van der Waals surface area contributed by atoms with Crippen LogP contribution in [0.2, 0.25) is 0 Å². The highest BCUT2D eigenvalue weighted by atomic mass is 32.1. The Balaban J connectivity index is 2.70. The lowest BCUT2D eigenvalue weighted by atomic mass is 10.2. The Morgan fingerprint density at radius 1 is 0.933 bits per heavy atom. The van der Waals surface area contributed by atoms with Crippen LogP contribution in [0.4, 0.5) is 11.4 Å². The largest absolute Gasteiger partial charge is 0.192 e. The van der Waals surface area contributed by atoms with Gasteiger partial charge in [0, 0.05) is 14.1 Å². The Bertz CT molecular complexity index is 483. The maximum Gasteiger partial charge on any atom is 0.134 e. The summed E-state index contributed by atoms with van der Waals surface area (Å²) in [5.74, 6) is 0. The average Bonchev–Trinajstić information content (AvgIpc) is 2.71. The Kier molecular flexibility index (Phi) is 2.72. The first kappa shape index (κ1) is 9.78. The van der Waals surface area contributed by atoms with E-state index in [-0.39, 0.29) is 0 Å². The van der Waals surface area contributed by atoms with Crippen molar-refractivity contribution in [3.8, 4) is 0 Å². The Morgan fingerprint density at radius 3 is 1.80 bits per heavy atom.